The normalized spacial score (nSPS) is 20.3. The molecule has 1 amide bonds. The van der Waals surface area contributed by atoms with E-state index in [-0.39, 0.29) is 11.3 Å². The molecule has 0 spiro atoms. The van der Waals surface area contributed by atoms with Gasteiger partial charge in [-0.1, -0.05) is 19.1 Å². The SMILES string of the molecule is CCCOc1ccc([C@@H]2/C(=C(\O)c3ccc(OC)cc3)C(=O)C(=O)N2CCN2CCOCC2)cc1. The van der Waals surface area contributed by atoms with E-state index < -0.39 is 17.7 Å². The van der Waals surface area contributed by atoms with Crippen molar-refractivity contribution in [2.45, 2.75) is 19.4 Å². The second-order valence-corrected chi connectivity index (χ2v) is 8.59. The topological polar surface area (TPSA) is 88.5 Å². The lowest BCUT2D eigenvalue weighted by molar-refractivity contribution is -0.140. The quantitative estimate of drug-likeness (QED) is 0.335. The number of aliphatic hydroxyl groups is 1. The highest BCUT2D eigenvalue weighted by Gasteiger charge is 2.46. The van der Waals surface area contributed by atoms with Gasteiger partial charge in [-0.2, -0.15) is 0 Å². The first kappa shape index (κ1) is 24.8. The minimum absolute atomic E-state index is 0.0874. The van der Waals surface area contributed by atoms with E-state index in [0.29, 0.717) is 44.2 Å². The second kappa shape index (κ2) is 11.4. The Morgan fingerprint density at radius 1 is 1.00 bits per heavy atom. The summed E-state index contributed by atoms with van der Waals surface area (Å²) in [6.45, 7) is 6.49. The van der Waals surface area contributed by atoms with Crippen molar-refractivity contribution >= 4 is 17.4 Å². The third-order valence-electron chi connectivity index (χ3n) is 6.33. The molecule has 2 aliphatic heterocycles. The zero-order valence-corrected chi connectivity index (χ0v) is 20.2. The molecule has 1 atom stereocenters. The molecule has 2 heterocycles. The molecule has 2 aromatic carbocycles. The van der Waals surface area contributed by atoms with Gasteiger partial charge in [-0.3, -0.25) is 14.5 Å². The summed E-state index contributed by atoms with van der Waals surface area (Å²) in [5, 5.41) is 11.2. The van der Waals surface area contributed by atoms with Crippen molar-refractivity contribution in [2.24, 2.45) is 0 Å². The van der Waals surface area contributed by atoms with Crippen LogP contribution in [-0.2, 0) is 14.3 Å². The predicted octanol–water partition coefficient (Wildman–Crippen LogP) is 3.24. The Hall–Kier alpha value is -3.36. The van der Waals surface area contributed by atoms with Gasteiger partial charge >= 0.3 is 0 Å². The largest absolute Gasteiger partial charge is 0.507 e. The minimum atomic E-state index is -0.696. The number of nitrogens with zero attached hydrogens (tertiary/aromatic N) is 2. The maximum atomic E-state index is 13.2. The van der Waals surface area contributed by atoms with Crippen LogP contribution < -0.4 is 9.47 Å². The standard InChI is InChI=1S/C27H32N2O6/c1-3-16-35-22-10-4-19(5-11-22)24-23(25(30)20-6-8-21(33-2)9-7-20)26(31)27(32)29(24)13-12-28-14-17-34-18-15-28/h4-11,24,30H,3,12-18H2,1-2H3/b25-23+/t24-/m1/s1. The summed E-state index contributed by atoms with van der Waals surface area (Å²) in [7, 11) is 1.56. The van der Waals surface area contributed by atoms with Crippen LogP contribution in [0.3, 0.4) is 0 Å². The average Bonchev–Trinajstić information content (AvgIpc) is 3.16. The Kier molecular flexibility index (Phi) is 8.05. The van der Waals surface area contributed by atoms with Crippen LogP contribution in [0.15, 0.2) is 54.1 Å². The van der Waals surface area contributed by atoms with Crippen LogP contribution in [-0.4, -0.2) is 79.7 Å². The molecule has 2 aromatic rings. The lowest BCUT2D eigenvalue weighted by Crippen LogP contribution is -2.42. The van der Waals surface area contributed by atoms with Crippen LogP contribution in [0, 0.1) is 0 Å². The number of carbonyl (C=O) groups is 2. The smallest absolute Gasteiger partial charge is 0.295 e. The summed E-state index contributed by atoms with van der Waals surface area (Å²) in [6.07, 6.45) is 0.894. The van der Waals surface area contributed by atoms with Gasteiger partial charge in [-0.15, -0.1) is 0 Å². The molecule has 0 saturated carbocycles. The number of ketones is 1. The Morgan fingerprint density at radius 2 is 1.66 bits per heavy atom. The van der Waals surface area contributed by atoms with Crippen molar-refractivity contribution in [3.05, 3.63) is 65.2 Å². The number of rotatable bonds is 9. The number of morpholine rings is 1. The molecule has 0 bridgehead atoms. The van der Waals surface area contributed by atoms with Crippen molar-refractivity contribution < 1.29 is 28.9 Å². The summed E-state index contributed by atoms with van der Waals surface area (Å²) in [6, 6.07) is 13.4. The van der Waals surface area contributed by atoms with Crippen LogP contribution in [0.4, 0.5) is 0 Å². The van der Waals surface area contributed by atoms with Gasteiger partial charge in [0, 0.05) is 31.7 Å². The highest BCUT2D eigenvalue weighted by atomic mass is 16.5. The fourth-order valence-corrected chi connectivity index (χ4v) is 4.40. The molecule has 0 radical (unpaired) electrons. The maximum Gasteiger partial charge on any atom is 0.295 e. The first-order chi connectivity index (χ1) is 17.0. The van der Waals surface area contributed by atoms with E-state index in [1.54, 1.807) is 36.3 Å². The predicted molar refractivity (Wildman–Crippen MR) is 131 cm³/mol. The molecule has 8 nitrogen and oxygen atoms in total. The molecule has 0 aromatic heterocycles. The Labute approximate surface area is 205 Å². The molecule has 1 N–H and O–H groups in total. The van der Waals surface area contributed by atoms with Crippen LogP contribution in [0.1, 0.15) is 30.5 Å². The van der Waals surface area contributed by atoms with Gasteiger partial charge in [0.2, 0.25) is 0 Å². The number of aliphatic hydroxyl groups excluding tert-OH is 1. The monoisotopic (exact) mass is 480 g/mol. The molecule has 2 fully saturated rings. The van der Waals surface area contributed by atoms with E-state index in [1.807, 2.05) is 31.2 Å². The number of Topliss-reactive ketones (excluding diaryl/α,β-unsaturated/α-hetero) is 1. The Morgan fingerprint density at radius 3 is 2.29 bits per heavy atom. The molecule has 35 heavy (non-hydrogen) atoms. The fraction of sp³-hybridized carbons (Fsp3) is 0.407. The third kappa shape index (κ3) is 5.49. The fourth-order valence-electron chi connectivity index (χ4n) is 4.40. The van der Waals surface area contributed by atoms with Gasteiger partial charge in [0.1, 0.15) is 17.3 Å². The molecule has 2 saturated heterocycles. The zero-order chi connectivity index (χ0) is 24.8. The highest BCUT2D eigenvalue weighted by Crippen LogP contribution is 2.40. The number of carbonyl (C=O) groups excluding carboxylic acids is 2. The van der Waals surface area contributed by atoms with Crippen molar-refractivity contribution in [3.8, 4) is 11.5 Å². The number of ether oxygens (including phenoxy) is 3. The van der Waals surface area contributed by atoms with Gasteiger partial charge in [0.05, 0.1) is 38.5 Å². The molecular weight excluding hydrogens is 448 g/mol. The van der Waals surface area contributed by atoms with Crippen molar-refractivity contribution in [1.82, 2.24) is 9.80 Å². The van der Waals surface area contributed by atoms with E-state index in [1.165, 1.54) is 0 Å². The zero-order valence-electron chi connectivity index (χ0n) is 20.2. The number of hydrogen-bond acceptors (Lipinski definition) is 7. The number of methoxy groups -OCH3 is 1. The number of amides is 1. The molecule has 4 rings (SSSR count). The van der Waals surface area contributed by atoms with Crippen molar-refractivity contribution in [1.29, 1.82) is 0 Å². The van der Waals surface area contributed by atoms with Crippen LogP contribution in [0.5, 0.6) is 11.5 Å². The van der Waals surface area contributed by atoms with E-state index in [0.717, 1.165) is 30.8 Å². The van der Waals surface area contributed by atoms with Gasteiger partial charge in [0.15, 0.2) is 0 Å². The van der Waals surface area contributed by atoms with Crippen molar-refractivity contribution in [2.75, 3.05) is 53.1 Å². The lowest BCUT2D eigenvalue weighted by atomic mass is 9.95. The third-order valence-corrected chi connectivity index (χ3v) is 6.33. The van der Waals surface area contributed by atoms with Crippen LogP contribution in [0.2, 0.25) is 0 Å². The van der Waals surface area contributed by atoms with Gasteiger partial charge in [-0.05, 0) is 48.4 Å². The summed E-state index contributed by atoms with van der Waals surface area (Å²) < 4.78 is 16.3. The number of benzene rings is 2. The minimum Gasteiger partial charge on any atom is -0.507 e. The molecule has 8 heteroatoms. The first-order valence-corrected chi connectivity index (χ1v) is 12.0. The van der Waals surface area contributed by atoms with E-state index in [9.17, 15) is 14.7 Å². The summed E-state index contributed by atoms with van der Waals surface area (Å²) in [4.78, 5) is 30.1. The molecular formula is C27H32N2O6. The van der Waals surface area contributed by atoms with Crippen LogP contribution >= 0.6 is 0 Å². The summed E-state index contributed by atoms with van der Waals surface area (Å²) in [5.74, 6) is -0.139. The lowest BCUT2D eigenvalue weighted by Gasteiger charge is -2.31. The average molecular weight is 481 g/mol. The van der Waals surface area contributed by atoms with Gasteiger partial charge in [-0.25, -0.2) is 0 Å². The molecule has 0 aliphatic carbocycles. The number of likely N-dealkylation sites (tertiary alicyclic amines) is 1. The highest BCUT2D eigenvalue weighted by molar-refractivity contribution is 6.46. The molecule has 186 valence electrons. The van der Waals surface area contributed by atoms with Gasteiger partial charge in [0.25, 0.3) is 11.7 Å². The van der Waals surface area contributed by atoms with Crippen molar-refractivity contribution in [3.63, 3.8) is 0 Å². The van der Waals surface area contributed by atoms with Gasteiger partial charge < -0.3 is 24.2 Å². The first-order valence-electron chi connectivity index (χ1n) is 12.0. The van der Waals surface area contributed by atoms with E-state index in [4.69, 9.17) is 14.2 Å². The summed E-state index contributed by atoms with van der Waals surface area (Å²) in [5.41, 5.74) is 1.28. The Balaban J connectivity index is 1.69. The molecule has 0 unspecified atom stereocenters. The Bertz CT molecular complexity index is 1060. The second-order valence-electron chi connectivity index (χ2n) is 8.59. The maximum absolute atomic E-state index is 13.2. The van der Waals surface area contributed by atoms with E-state index >= 15 is 0 Å². The van der Waals surface area contributed by atoms with E-state index in [2.05, 4.69) is 4.90 Å². The van der Waals surface area contributed by atoms with Crippen LogP contribution in [0.25, 0.3) is 5.76 Å². The molecule has 2 aliphatic rings. The summed E-state index contributed by atoms with van der Waals surface area (Å²) >= 11 is 0. The number of hydrogen-bond donors (Lipinski definition) is 1.